The van der Waals surface area contributed by atoms with E-state index in [2.05, 4.69) is 27.9 Å². The Morgan fingerprint density at radius 2 is 1.65 bits per heavy atom. The standard InChI is InChI=1S/C16H17IN2O/c1-19(2)16(20)15(12-6-4-3-5-7-12)18-14-10-8-13(17)9-11-14/h3-11,15,18H,1-2H3/t15-/m0/s1. The maximum absolute atomic E-state index is 12.4. The van der Waals surface area contributed by atoms with Gasteiger partial charge in [0.05, 0.1) is 0 Å². The first kappa shape index (κ1) is 14.8. The van der Waals surface area contributed by atoms with Gasteiger partial charge in [-0.15, -0.1) is 0 Å². The largest absolute Gasteiger partial charge is 0.370 e. The Balaban J connectivity index is 2.28. The molecule has 0 spiro atoms. The molecular formula is C16H17IN2O. The van der Waals surface area contributed by atoms with E-state index in [-0.39, 0.29) is 11.9 Å². The average Bonchev–Trinajstić information content (AvgIpc) is 2.47. The van der Waals surface area contributed by atoms with Crippen LogP contribution in [0.4, 0.5) is 5.69 Å². The lowest BCUT2D eigenvalue weighted by Gasteiger charge is -2.23. The average molecular weight is 380 g/mol. The minimum atomic E-state index is -0.369. The molecule has 1 atom stereocenters. The van der Waals surface area contributed by atoms with Crippen molar-refractivity contribution >= 4 is 34.2 Å². The summed E-state index contributed by atoms with van der Waals surface area (Å²) in [6, 6.07) is 17.4. The number of amides is 1. The van der Waals surface area contributed by atoms with Gasteiger partial charge in [0.2, 0.25) is 5.91 Å². The third-order valence-corrected chi connectivity index (χ3v) is 3.70. The Kier molecular flexibility index (Phi) is 5.00. The molecule has 0 fully saturated rings. The van der Waals surface area contributed by atoms with E-state index in [9.17, 15) is 4.79 Å². The van der Waals surface area contributed by atoms with Crippen molar-refractivity contribution < 1.29 is 4.79 Å². The lowest BCUT2D eigenvalue weighted by Crippen LogP contribution is -2.32. The highest BCUT2D eigenvalue weighted by molar-refractivity contribution is 14.1. The van der Waals surface area contributed by atoms with Gasteiger partial charge in [-0.05, 0) is 52.4 Å². The van der Waals surface area contributed by atoms with Gasteiger partial charge in [0.15, 0.2) is 0 Å². The molecule has 0 radical (unpaired) electrons. The van der Waals surface area contributed by atoms with Gasteiger partial charge in [-0.1, -0.05) is 30.3 Å². The molecule has 0 aliphatic rings. The van der Waals surface area contributed by atoms with E-state index in [4.69, 9.17) is 0 Å². The predicted octanol–water partition coefficient (Wildman–Crippen LogP) is 3.53. The molecule has 1 N–H and O–H groups in total. The second-order valence-corrected chi connectivity index (χ2v) is 5.97. The van der Waals surface area contributed by atoms with Crippen LogP contribution < -0.4 is 5.32 Å². The van der Waals surface area contributed by atoms with E-state index in [1.54, 1.807) is 19.0 Å². The van der Waals surface area contributed by atoms with Crippen LogP contribution in [0.25, 0.3) is 0 Å². The van der Waals surface area contributed by atoms with Gasteiger partial charge >= 0.3 is 0 Å². The molecule has 4 heteroatoms. The molecule has 2 aromatic carbocycles. The summed E-state index contributed by atoms with van der Waals surface area (Å²) in [4.78, 5) is 14.0. The molecule has 0 aromatic heterocycles. The summed E-state index contributed by atoms with van der Waals surface area (Å²) in [5.74, 6) is 0.0368. The third kappa shape index (κ3) is 3.72. The summed E-state index contributed by atoms with van der Waals surface area (Å²) < 4.78 is 1.17. The Morgan fingerprint density at radius 1 is 1.05 bits per heavy atom. The third-order valence-electron chi connectivity index (χ3n) is 2.98. The lowest BCUT2D eigenvalue weighted by molar-refractivity contribution is -0.129. The van der Waals surface area contributed by atoms with Crippen molar-refractivity contribution in [3.8, 4) is 0 Å². The summed E-state index contributed by atoms with van der Waals surface area (Å²) in [5, 5.41) is 3.31. The van der Waals surface area contributed by atoms with E-state index in [0.29, 0.717) is 0 Å². The Hall–Kier alpha value is -1.56. The first-order valence-corrected chi connectivity index (χ1v) is 7.44. The van der Waals surface area contributed by atoms with Gasteiger partial charge in [0.25, 0.3) is 0 Å². The molecule has 0 aliphatic heterocycles. The topological polar surface area (TPSA) is 32.3 Å². The number of benzene rings is 2. The molecule has 1 amide bonds. The molecular weight excluding hydrogens is 363 g/mol. The highest BCUT2D eigenvalue weighted by atomic mass is 127. The smallest absolute Gasteiger partial charge is 0.249 e. The van der Waals surface area contributed by atoms with Gasteiger partial charge in [-0.2, -0.15) is 0 Å². The van der Waals surface area contributed by atoms with Gasteiger partial charge < -0.3 is 10.2 Å². The van der Waals surface area contributed by atoms with Crippen molar-refractivity contribution in [2.75, 3.05) is 19.4 Å². The van der Waals surface area contributed by atoms with E-state index in [0.717, 1.165) is 11.3 Å². The first-order chi connectivity index (χ1) is 9.58. The maximum Gasteiger partial charge on any atom is 0.249 e. The van der Waals surface area contributed by atoms with Gasteiger partial charge in [-0.3, -0.25) is 4.79 Å². The number of carbonyl (C=O) groups excluding carboxylic acids is 1. The van der Waals surface area contributed by atoms with Gasteiger partial charge in [-0.25, -0.2) is 0 Å². The quantitative estimate of drug-likeness (QED) is 0.824. The molecule has 0 unspecified atom stereocenters. The normalized spacial score (nSPS) is 11.8. The zero-order chi connectivity index (χ0) is 14.5. The fourth-order valence-electron chi connectivity index (χ4n) is 1.90. The number of nitrogens with zero attached hydrogens (tertiary/aromatic N) is 1. The lowest BCUT2D eigenvalue weighted by atomic mass is 10.1. The molecule has 20 heavy (non-hydrogen) atoms. The van der Waals surface area contributed by atoms with Crippen LogP contribution in [0.5, 0.6) is 0 Å². The van der Waals surface area contributed by atoms with Gasteiger partial charge in [0, 0.05) is 23.4 Å². The first-order valence-electron chi connectivity index (χ1n) is 6.36. The highest BCUT2D eigenvalue weighted by Gasteiger charge is 2.21. The molecule has 104 valence electrons. The van der Waals surface area contributed by atoms with E-state index < -0.39 is 0 Å². The number of anilines is 1. The van der Waals surface area contributed by atoms with E-state index in [1.807, 2.05) is 54.6 Å². The molecule has 2 aromatic rings. The van der Waals surface area contributed by atoms with Crippen molar-refractivity contribution in [3.05, 3.63) is 63.7 Å². The predicted molar refractivity (Wildman–Crippen MR) is 90.7 cm³/mol. The number of halogens is 1. The van der Waals surface area contributed by atoms with Crippen LogP contribution in [0.15, 0.2) is 54.6 Å². The Labute approximate surface area is 133 Å². The number of rotatable bonds is 4. The van der Waals surface area contributed by atoms with E-state index in [1.165, 1.54) is 3.57 Å². The zero-order valence-electron chi connectivity index (χ0n) is 11.5. The van der Waals surface area contributed by atoms with Crippen LogP contribution in [0.3, 0.4) is 0 Å². The molecule has 0 bridgehead atoms. The summed E-state index contributed by atoms with van der Waals surface area (Å²) in [6.07, 6.45) is 0. The van der Waals surface area contributed by atoms with Gasteiger partial charge in [0.1, 0.15) is 6.04 Å². The molecule has 0 saturated heterocycles. The number of hydrogen-bond donors (Lipinski definition) is 1. The zero-order valence-corrected chi connectivity index (χ0v) is 13.7. The fourth-order valence-corrected chi connectivity index (χ4v) is 2.26. The number of carbonyl (C=O) groups is 1. The molecule has 0 saturated carbocycles. The van der Waals surface area contributed by atoms with Crippen molar-refractivity contribution in [1.82, 2.24) is 4.90 Å². The van der Waals surface area contributed by atoms with Crippen LogP contribution >= 0.6 is 22.6 Å². The molecule has 2 rings (SSSR count). The number of hydrogen-bond acceptors (Lipinski definition) is 2. The van der Waals surface area contributed by atoms with Crippen molar-refractivity contribution in [3.63, 3.8) is 0 Å². The Bertz CT molecular complexity index is 567. The molecule has 0 aliphatic carbocycles. The summed E-state index contributed by atoms with van der Waals surface area (Å²) in [6.45, 7) is 0. The monoisotopic (exact) mass is 380 g/mol. The molecule has 3 nitrogen and oxygen atoms in total. The number of nitrogens with one attached hydrogen (secondary N) is 1. The Morgan fingerprint density at radius 3 is 2.20 bits per heavy atom. The molecule has 0 heterocycles. The summed E-state index contributed by atoms with van der Waals surface area (Å²) in [7, 11) is 3.54. The summed E-state index contributed by atoms with van der Waals surface area (Å²) >= 11 is 2.26. The van der Waals surface area contributed by atoms with Crippen LogP contribution in [-0.2, 0) is 4.79 Å². The minimum Gasteiger partial charge on any atom is -0.370 e. The summed E-state index contributed by atoms with van der Waals surface area (Å²) in [5.41, 5.74) is 1.90. The van der Waals surface area contributed by atoms with Crippen LogP contribution in [-0.4, -0.2) is 24.9 Å². The van der Waals surface area contributed by atoms with Crippen LogP contribution in [0, 0.1) is 3.57 Å². The number of likely N-dealkylation sites (N-methyl/N-ethyl adjacent to an activating group) is 1. The van der Waals surface area contributed by atoms with Crippen molar-refractivity contribution in [2.45, 2.75) is 6.04 Å². The maximum atomic E-state index is 12.4. The second-order valence-electron chi connectivity index (χ2n) is 4.73. The minimum absolute atomic E-state index is 0.0368. The highest BCUT2D eigenvalue weighted by Crippen LogP contribution is 2.22. The second kappa shape index (κ2) is 6.74. The van der Waals surface area contributed by atoms with E-state index >= 15 is 0 Å². The van der Waals surface area contributed by atoms with Crippen LogP contribution in [0.2, 0.25) is 0 Å². The van der Waals surface area contributed by atoms with Crippen molar-refractivity contribution in [1.29, 1.82) is 0 Å². The van der Waals surface area contributed by atoms with Crippen LogP contribution in [0.1, 0.15) is 11.6 Å². The van der Waals surface area contributed by atoms with Crippen molar-refractivity contribution in [2.24, 2.45) is 0 Å². The SMILES string of the molecule is CN(C)C(=O)[C@@H](Nc1ccc(I)cc1)c1ccccc1. The fraction of sp³-hybridized carbons (Fsp3) is 0.188.